The molecule has 1 aromatic rings. The summed E-state index contributed by atoms with van der Waals surface area (Å²) in [7, 11) is 2.14. The molecule has 0 amide bonds. The Bertz CT molecular complexity index is 378. The zero-order valence-electron chi connectivity index (χ0n) is 11.0. The predicted molar refractivity (Wildman–Crippen MR) is 70.2 cm³/mol. The number of rotatable bonds is 4. The van der Waals surface area contributed by atoms with E-state index in [1.807, 2.05) is 0 Å². The molecule has 0 saturated carbocycles. The lowest BCUT2D eigenvalue weighted by Gasteiger charge is -2.29. The first-order valence-corrected chi connectivity index (χ1v) is 6.50. The molecule has 1 N–H and O–H groups in total. The van der Waals surface area contributed by atoms with Crippen molar-refractivity contribution >= 4 is 5.82 Å². The van der Waals surface area contributed by atoms with Crippen LogP contribution in [0.1, 0.15) is 37.9 Å². The van der Waals surface area contributed by atoms with Gasteiger partial charge in [0.25, 0.3) is 0 Å². The summed E-state index contributed by atoms with van der Waals surface area (Å²) in [5.41, 5.74) is 2.49. The van der Waals surface area contributed by atoms with Crippen LogP contribution in [0.4, 0.5) is 5.82 Å². The van der Waals surface area contributed by atoms with E-state index in [2.05, 4.69) is 41.1 Å². The molecule has 0 aliphatic carbocycles. The van der Waals surface area contributed by atoms with Crippen LogP contribution < -0.4 is 10.2 Å². The van der Waals surface area contributed by atoms with Crippen LogP contribution in [0.2, 0.25) is 0 Å². The zero-order chi connectivity index (χ0) is 12.3. The molecule has 1 unspecified atom stereocenters. The summed E-state index contributed by atoms with van der Waals surface area (Å²) in [6.45, 7) is 6.40. The maximum atomic E-state index is 4.47. The first-order chi connectivity index (χ1) is 8.24. The van der Waals surface area contributed by atoms with E-state index in [-0.39, 0.29) is 0 Å². The molecular weight excluding hydrogens is 212 g/mol. The van der Waals surface area contributed by atoms with Crippen molar-refractivity contribution in [3.63, 3.8) is 0 Å². The third kappa shape index (κ3) is 2.57. The van der Waals surface area contributed by atoms with Gasteiger partial charge < -0.3 is 10.2 Å². The molecule has 2 rings (SSSR count). The summed E-state index contributed by atoms with van der Waals surface area (Å²) in [4.78, 5) is 11.1. The van der Waals surface area contributed by atoms with Gasteiger partial charge in [-0.05, 0) is 13.3 Å². The Labute approximate surface area is 103 Å². The smallest absolute Gasteiger partial charge is 0.136 e. The van der Waals surface area contributed by atoms with Gasteiger partial charge in [0, 0.05) is 38.2 Å². The number of aromatic nitrogens is 2. The molecule has 2 heterocycles. The van der Waals surface area contributed by atoms with Crippen molar-refractivity contribution in [1.29, 1.82) is 0 Å². The average molecular weight is 234 g/mol. The monoisotopic (exact) mass is 234 g/mol. The molecule has 0 fully saturated rings. The molecule has 4 heteroatoms. The summed E-state index contributed by atoms with van der Waals surface area (Å²) in [5, 5.41) is 3.40. The summed E-state index contributed by atoms with van der Waals surface area (Å²) in [6, 6.07) is 0.529. The van der Waals surface area contributed by atoms with Crippen molar-refractivity contribution in [3.05, 3.63) is 17.6 Å². The van der Waals surface area contributed by atoms with E-state index in [4.69, 9.17) is 0 Å². The molecule has 1 aliphatic rings. The highest BCUT2D eigenvalue weighted by molar-refractivity contribution is 5.49. The fraction of sp³-hybridized carbons (Fsp3) is 0.692. The number of nitrogens with one attached hydrogen (secondary N) is 1. The Hall–Kier alpha value is -1.16. The van der Waals surface area contributed by atoms with E-state index in [1.54, 1.807) is 6.33 Å². The fourth-order valence-corrected chi connectivity index (χ4v) is 2.38. The van der Waals surface area contributed by atoms with E-state index in [0.29, 0.717) is 6.04 Å². The maximum absolute atomic E-state index is 4.47. The van der Waals surface area contributed by atoms with Crippen LogP contribution in [0.5, 0.6) is 0 Å². The molecule has 94 valence electrons. The van der Waals surface area contributed by atoms with Crippen molar-refractivity contribution in [2.45, 2.75) is 45.7 Å². The molecule has 0 saturated heterocycles. The molecule has 0 bridgehead atoms. The predicted octanol–water partition coefficient (Wildman–Crippen LogP) is 1.75. The molecule has 0 radical (unpaired) electrons. The fourth-order valence-electron chi connectivity index (χ4n) is 2.38. The van der Waals surface area contributed by atoms with E-state index < -0.39 is 0 Å². The number of fused-ring (bicyclic) bond motifs is 1. The quantitative estimate of drug-likeness (QED) is 0.861. The third-order valence-electron chi connectivity index (χ3n) is 3.55. The Morgan fingerprint density at radius 2 is 2.29 bits per heavy atom. The number of nitrogens with zero attached hydrogens (tertiary/aromatic N) is 3. The van der Waals surface area contributed by atoms with Crippen molar-refractivity contribution < 1.29 is 0 Å². The second-order valence-corrected chi connectivity index (χ2v) is 4.80. The summed E-state index contributed by atoms with van der Waals surface area (Å²) in [6.07, 6.45) is 5.12. The molecule has 1 aromatic heterocycles. The second kappa shape index (κ2) is 5.45. The second-order valence-electron chi connectivity index (χ2n) is 4.80. The number of hydrogen-bond acceptors (Lipinski definition) is 4. The van der Waals surface area contributed by atoms with Gasteiger partial charge in [0.1, 0.15) is 12.1 Å². The molecule has 0 spiro atoms. The molecule has 17 heavy (non-hydrogen) atoms. The molecule has 1 aliphatic heterocycles. The molecular formula is C13H22N4. The van der Waals surface area contributed by atoms with Crippen molar-refractivity contribution in [3.8, 4) is 0 Å². The largest absolute Gasteiger partial charge is 0.357 e. The van der Waals surface area contributed by atoms with Gasteiger partial charge in [-0.25, -0.2) is 9.97 Å². The van der Waals surface area contributed by atoms with Crippen LogP contribution >= 0.6 is 0 Å². The van der Waals surface area contributed by atoms with Gasteiger partial charge in [-0.2, -0.15) is 0 Å². The van der Waals surface area contributed by atoms with Gasteiger partial charge in [-0.3, -0.25) is 0 Å². The van der Waals surface area contributed by atoms with E-state index in [1.165, 1.54) is 24.1 Å². The van der Waals surface area contributed by atoms with Crippen LogP contribution in [-0.2, 0) is 13.0 Å². The summed E-state index contributed by atoms with van der Waals surface area (Å²) < 4.78 is 0. The lowest BCUT2D eigenvalue weighted by atomic mass is 10.1. The van der Waals surface area contributed by atoms with E-state index >= 15 is 0 Å². The van der Waals surface area contributed by atoms with Gasteiger partial charge in [0.2, 0.25) is 0 Å². The standard InChI is InChI=1S/C13H22N4/c1-4-5-10(2)17(3)13-11-8-14-7-6-12(11)15-9-16-13/h9-10,14H,4-8H2,1-3H3. The minimum absolute atomic E-state index is 0.529. The first-order valence-electron chi connectivity index (χ1n) is 6.50. The van der Waals surface area contributed by atoms with Crippen LogP contribution in [0, 0.1) is 0 Å². The summed E-state index contributed by atoms with van der Waals surface area (Å²) in [5.74, 6) is 1.10. The summed E-state index contributed by atoms with van der Waals surface area (Å²) >= 11 is 0. The normalized spacial score (nSPS) is 16.4. The number of hydrogen-bond donors (Lipinski definition) is 1. The van der Waals surface area contributed by atoms with Gasteiger partial charge >= 0.3 is 0 Å². The highest BCUT2D eigenvalue weighted by atomic mass is 15.2. The van der Waals surface area contributed by atoms with Gasteiger partial charge in [-0.1, -0.05) is 13.3 Å². The Morgan fingerprint density at radius 1 is 1.47 bits per heavy atom. The maximum Gasteiger partial charge on any atom is 0.136 e. The van der Waals surface area contributed by atoms with Crippen molar-refractivity contribution in [2.24, 2.45) is 0 Å². The van der Waals surface area contributed by atoms with Gasteiger partial charge in [0.15, 0.2) is 0 Å². The lowest BCUT2D eigenvalue weighted by Crippen LogP contribution is -2.33. The zero-order valence-corrected chi connectivity index (χ0v) is 11.0. The van der Waals surface area contributed by atoms with Crippen LogP contribution in [-0.4, -0.2) is 29.6 Å². The van der Waals surface area contributed by atoms with E-state index in [9.17, 15) is 0 Å². The highest BCUT2D eigenvalue weighted by Crippen LogP contribution is 2.23. The van der Waals surface area contributed by atoms with E-state index in [0.717, 1.165) is 25.3 Å². The Kier molecular flexibility index (Phi) is 3.94. The highest BCUT2D eigenvalue weighted by Gasteiger charge is 2.19. The lowest BCUT2D eigenvalue weighted by molar-refractivity contribution is 0.589. The van der Waals surface area contributed by atoms with Gasteiger partial charge in [0.05, 0.1) is 5.69 Å². The third-order valence-corrected chi connectivity index (χ3v) is 3.55. The van der Waals surface area contributed by atoms with Crippen LogP contribution in [0.15, 0.2) is 6.33 Å². The van der Waals surface area contributed by atoms with Crippen LogP contribution in [0.3, 0.4) is 0 Å². The average Bonchev–Trinajstić information content (AvgIpc) is 2.37. The SMILES string of the molecule is CCCC(C)N(C)c1ncnc2c1CNCC2. The topological polar surface area (TPSA) is 41.1 Å². The molecule has 0 aromatic carbocycles. The minimum atomic E-state index is 0.529. The van der Waals surface area contributed by atoms with Crippen molar-refractivity contribution in [2.75, 3.05) is 18.5 Å². The van der Waals surface area contributed by atoms with Gasteiger partial charge in [-0.15, -0.1) is 0 Å². The minimum Gasteiger partial charge on any atom is -0.357 e. The molecule has 1 atom stereocenters. The first kappa shape index (κ1) is 12.3. The Morgan fingerprint density at radius 3 is 3.06 bits per heavy atom. The number of anilines is 1. The van der Waals surface area contributed by atoms with Crippen LogP contribution in [0.25, 0.3) is 0 Å². The van der Waals surface area contributed by atoms with Crippen molar-refractivity contribution in [1.82, 2.24) is 15.3 Å². The Balaban J connectivity index is 2.25. The molecule has 4 nitrogen and oxygen atoms in total.